The van der Waals surface area contributed by atoms with Crippen LogP contribution in [0.3, 0.4) is 0 Å². The molecule has 0 aliphatic rings. The highest BCUT2D eigenvalue weighted by Crippen LogP contribution is 2.26. The van der Waals surface area contributed by atoms with E-state index in [-0.39, 0.29) is 11.7 Å². The minimum atomic E-state index is -0.311. The molecule has 2 rings (SSSR count). The Morgan fingerprint density at radius 2 is 2.16 bits per heavy atom. The van der Waals surface area contributed by atoms with E-state index in [1.807, 2.05) is 0 Å². The second kappa shape index (κ2) is 5.39. The van der Waals surface area contributed by atoms with E-state index in [4.69, 9.17) is 4.74 Å². The van der Waals surface area contributed by atoms with E-state index >= 15 is 0 Å². The molecule has 0 aliphatic carbocycles. The summed E-state index contributed by atoms with van der Waals surface area (Å²) in [6, 6.07) is 8.00. The number of nitrogens with one attached hydrogen (secondary N) is 1. The standard InChI is InChI=1S/C14H14N2O3/c1-9-11(4-3-7-15-9)16-14(18)10-5-6-13(19-2)12(17)8-10/h3-8,17H,1-2H3,(H,16,18). The van der Waals surface area contributed by atoms with Crippen LogP contribution in [0.5, 0.6) is 11.5 Å². The summed E-state index contributed by atoms with van der Waals surface area (Å²) in [4.78, 5) is 16.1. The van der Waals surface area contributed by atoms with Gasteiger partial charge >= 0.3 is 0 Å². The first-order chi connectivity index (χ1) is 9.11. The summed E-state index contributed by atoms with van der Waals surface area (Å²) in [6.45, 7) is 1.81. The first-order valence-corrected chi connectivity index (χ1v) is 5.72. The van der Waals surface area contributed by atoms with Gasteiger partial charge in [-0.3, -0.25) is 9.78 Å². The molecule has 0 saturated heterocycles. The Morgan fingerprint density at radius 3 is 2.79 bits per heavy atom. The molecule has 1 aromatic heterocycles. The molecule has 0 fully saturated rings. The fourth-order valence-corrected chi connectivity index (χ4v) is 1.64. The third kappa shape index (κ3) is 2.82. The zero-order valence-corrected chi connectivity index (χ0v) is 10.7. The lowest BCUT2D eigenvalue weighted by molar-refractivity contribution is 0.102. The van der Waals surface area contributed by atoms with Gasteiger partial charge in [0, 0.05) is 11.8 Å². The van der Waals surface area contributed by atoms with E-state index in [9.17, 15) is 9.90 Å². The monoisotopic (exact) mass is 258 g/mol. The number of rotatable bonds is 3. The molecule has 5 heteroatoms. The van der Waals surface area contributed by atoms with Crippen LogP contribution < -0.4 is 10.1 Å². The summed E-state index contributed by atoms with van der Waals surface area (Å²) >= 11 is 0. The van der Waals surface area contributed by atoms with Crippen LogP contribution in [0.25, 0.3) is 0 Å². The van der Waals surface area contributed by atoms with Crippen molar-refractivity contribution >= 4 is 11.6 Å². The van der Waals surface area contributed by atoms with Gasteiger partial charge in [0.05, 0.1) is 18.5 Å². The van der Waals surface area contributed by atoms with E-state index in [0.29, 0.717) is 17.0 Å². The summed E-state index contributed by atoms with van der Waals surface area (Å²) in [6.07, 6.45) is 1.66. The molecule has 2 aromatic rings. The van der Waals surface area contributed by atoms with Crippen molar-refractivity contribution in [1.82, 2.24) is 4.98 Å². The van der Waals surface area contributed by atoms with Crippen LogP contribution in [0.1, 0.15) is 16.1 Å². The Kier molecular flexibility index (Phi) is 3.66. The molecule has 0 aliphatic heterocycles. The van der Waals surface area contributed by atoms with Crippen molar-refractivity contribution in [2.45, 2.75) is 6.92 Å². The van der Waals surface area contributed by atoms with Gasteiger partial charge in [0.2, 0.25) is 0 Å². The summed E-state index contributed by atoms with van der Waals surface area (Å²) in [7, 11) is 1.45. The molecular formula is C14H14N2O3. The number of anilines is 1. The second-order valence-electron chi connectivity index (χ2n) is 3.98. The maximum atomic E-state index is 12.0. The topological polar surface area (TPSA) is 71.5 Å². The maximum Gasteiger partial charge on any atom is 0.255 e. The van der Waals surface area contributed by atoms with Crippen molar-refractivity contribution in [3.05, 3.63) is 47.8 Å². The lowest BCUT2D eigenvalue weighted by Gasteiger charge is -2.09. The number of aromatic hydroxyl groups is 1. The smallest absolute Gasteiger partial charge is 0.255 e. The van der Waals surface area contributed by atoms with Gasteiger partial charge in [0.25, 0.3) is 5.91 Å². The molecule has 0 bridgehead atoms. The van der Waals surface area contributed by atoms with Crippen LogP contribution in [0.15, 0.2) is 36.5 Å². The van der Waals surface area contributed by atoms with Crippen molar-refractivity contribution in [1.29, 1.82) is 0 Å². The van der Waals surface area contributed by atoms with Gasteiger partial charge in [-0.15, -0.1) is 0 Å². The Bertz CT molecular complexity index is 611. The lowest BCUT2D eigenvalue weighted by atomic mass is 10.2. The summed E-state index contributed by atoms with van der Waals surface area (Å²) in [5.74, 6) is -0.0544. The van der Waals surface area contributed by atoms with Gasteiger partial charge in [0.1, 0.15) is 0 Å². The van der Waals surface area contributed by atoms with Gasteiger partial charge in [0.15, 0.2) is 11.5 Å². The zero-order chi connectivity index (χ0) is 13.8. The Balaban J connectivity index is 2.21. The van der Waals surface area contributed by atoms with Crippen LogP contribution >= 0.6 is 0 Å². The van der Waals surface area contributed by atoms with Crippen LogP contribution in [0.2, 0.25) is 0 Å². The SMILES string of the molecule is COc1ccc(C(=O)Nc2cccnc2C)cc1O. The number of ether oxygens (including phenoxy) is 1. The molecule has 19 heavy (non-hydrogen) atoms. The lowest BCUT2D eigenvalue weighted by Crippen LogP contribution is -2.13. The quantitative estimate of drug-likeness (QED) is 0.886. The predicted octanol–water partition coefficient (Wildman–Crippen LogP) is 2.36. The molecule has 0 radical (unpaired) electrons. The fourth-order valence-electron chi connectivity index (χ4n) is 1.64. The number of amides is 1. The summed E-state index contributed by atoms with van der Waals surface area (Å²) < 4.78 is 4.93. The van der Waals surface area contributed by atoms with E-state index in [2.05, 4.69) is 10.3 Å². The van der Waals surface area contributed by atoms with Gasteiger partial charge in [-0.1, -0.05) is 0 Å². The highest BCUT2D eigenvalue weighted by molar-refractivity contribution is 6.04. The second-order valence-corrected chi connectivity index (χ2v) is 3.98. The van der Waals surface area contributed by atoms with Gasteiger partial charge < -0.3 is 15.2 Å². The van der Waals surface area contributed by atoms with Crippen LogP contribution in [-0.4, -0.2) is 23.1 Å². The number of hydrogen-bond donors (Lipinski definition) is 2. The molecule has 98 valence electrons. The number of phenolic OH excluding ortho intramolecular Hbond substituents is 1. The van der Waals surface area contributed by atoms with E-state index in [1.165, 1.54) is 13.2 Å². The Hall–Kier alpha value is -2.56. The largest absolute Gasteiger partial charge is 0.504 e. The third-order valence-electron chi connectivity index (χ3n) is 2.70. The fraction of sp³-hybridized carbons (Fsp3) is 0.143. The minimum Gasteiger partial charge on any atom is -0.504 e. The number of methoxy groups -OCH3 is 1. The first-order valence-electron chi connectivity index (χ1n) is 5.72. The number of benzene rings is 1. The van der Waals surface area contributed by atoms with E-state index in [1.54, 1.807) is 37.4 Å². The molecule has 0 saturated carbocycles. The van der Waals surface area contributed by atoms with E-state index < -0.39 is 0 Å². The number of aromatic nitrogens is 1. The van der Waals surface area contributed by atoms with Crippen molar-refractivity contribution in [3.63, 3.8) is 0 Å². The van der Waals surface area contributed by atoms with E-state index in [0.717, 1.165) is 5.69 Å². The molecule has 1 amide bonds. The normalized spacial score (nSPS) is 10.0. The Labute approximate surface area is 110 Å². The van der Waals surface area contributed by atoms with Crippen molar-refractivity contribution in [2.24, 2.45) is 0 Å². The Morgan fingerprint density at radius 1 is 1.37 bits per heavy atom. The van der Waals surface area contributed by atoms with Crippen LogP contribution in [-0.2, 0) is 0 Å². The number of carbonyl (C=O) groups excluding carboxylic acids is 1. The molecular weight excluding hydrogens is 244 g/mol. The molecule has 1 aromatic carbocycles. The van der Waals surface area contributed by atoms with Crippen molar-refractivity contribution < 1.29 is 14.6 Å². The number of carbonyl (C=O) groups is 1. The number of phenols is 1. The first kappa shape index (κ1) is 12.9. The van der Waals surface area contributed by atoms with Gasteiger partial charge in [-0.2, -0.15) is 0 Å². The molecule has 0 unspecified atom stereocenters. The summed E-state index contributed by atoms with van der Waals surface area (Å²) in [5, 5.41) is 12.4. The molecule has 2 N–H and O–H groups in total. The highest BCUT2D eigenvalue weighted by atomic mass is 16.5. The number of aryl methyl sites for hydroxylation is 1. The predicted molar refractivity (Wildman–Crippen MR) is 71.6 cm³/mol. The molecule has 1 heterocycles. The number of pyridine rings is 1. The highest BCUT2D eigenvalue weighted by Gasteiger charge is 2.10. The molecule has 5 nitrogen and oxygen atoms in total. The average molecular weight is 258 g/mol. The van der Waals surface area contributed by atoms with Crippen molar-refractivity contribution in [3.8, 4) is 11.5 Å². The molecule has 0 spiro atoms. The van der Waals surface area contributed by atoms with Gasteiger partial charge in [-0.25, -0.2) is 0 Å². The third-order valence-corrected chi connectivity index (χ3v) is 2.70. The number of hydrogen-bond acceptors (Lipinski definition) is 4. The minimum absolute atomic E-state index is 0.0712. The summed E-state index contributed by atoms with van der Waals surface area (Å²) in [5.41, 5.74) is 1.72. The van der Waals surface area contributed by atoms with Gasteiger partial charge in [-0.05, 0) is 37.3 Å². The van der Waals surface area contributed by atoms with Crippen molar-refractivity contribution in [2.75, 3.05) is 12.4 Å². The average Bonchev–Trinajstić information content (AvgIpc) is 2.41. The molecule has 0 atom stereocenters. The maximum absolute atomic E-state index is 12.0. The van der Waals surface area contributed by atoms with Crippen LogP contribution in [0, 0.1) is 6.92 Å². The van der Waals surface area contributed by atoms with Crippen LogP contribution in [0.4, 0.5) is 5.69 Å². The zero-order valence-electron chi connectivity index (χ0n) is 10.7. The number of nitrogens with zero attached hydrogens (tertiary/aromatic N) is 1.